The highest BCUT2D eigenvalue weighted by Gasteiger charge is 2.24. The molecule has 1 unspecified atom stereocenters. The van der Waals surface area contributed by atoms with Crippen molar-refractivity contribution in [2.75, 3.05) is 35.0 Å². The van der Waals surface area contributed by atoms with E-state index in [4.69, 9.17) is 18.9 Å². The predicted molar refractivity (Wildman–Crippen MR) is 99.9 cm³/mol. The summed E-state index contributed by atoms with van der Waals surface area (Å²) in [6.07, 6.45) is 0.958. The van der Waals surface area contributed by atoms with Gasteiger partial charge in [-0.3, -0.25) is 0 Å². The van der Waals surface area contributed by atoms with Crippen molar-refractivity contribution in [1.82, 2.24) is 5.32 Å². The first-order chi connectivity index (χ1) is 11.7. The maximum absolute atomic E-state index is 5.47. The molecule has 1 N–H and O–H groups in total. The minimum Gasteiger partial charge on any atom is -0.493 e. The summed E-state index contributed by atoms with van der Waals surface area (Å²) in [7, 11) is 6.61. The van der Waals surface area contributed by atoms with Crippen molar-refractivity contribution >= 4 is 12.4 Å². The summed E-state index contributed by atoms with van der Waals surface area (Å²) >= 11 is 0. The van der Waals surface area contributed by atoms with Crippen molar-refractivity contribution in [2.45, 2.75) is 12.5 Å². The summed E-state index contributed by atoms with van der Waals surface area (Å²) in [5.74, 6) is 2.96. The Kier molecular flexibility index (Phi) is 6.39. The first-order valence-corrected chi connectivity index (χ1v) is 7.92. The summed E-state index contributed by atoms with van der Waals surface area (Å²) in [6, 6.07) is 10.2. The van der Waals surface area contributed by atoms with Crippen LogP contribution in [0.5, 0.6) is 23.0 Å². The van der Waals surface area contributed by atoms with Crippen molar-refractivity contribution < 1.29 is 18.9 Å². The Morgan fingerprint density at radius 2 is 1.40 bits per heavy atom. The van der Waals surface area contributed by atoms with E-state index in [1.165, 1.54) is 11.1 Å². The minimum atomic E-state index is 0. The third-order valence-electron chi connectivity index (χ3n) is 4.44. The second-order valence-corrected chi connectivity index (χ2v) is 5.66. The molecule has 5 nitrogen and oxygen atoms in total. The second-order valence-electron chi connectivity index (χ2n) is 5.66. The topological polar surface area (TPSA) is 49.0 Å². The molecule has 2 aromatic carbocycles. The van der Waals surface area contributed by atoms with E-state index < -0.39 is 0 Å². The van der Waals surface area contributed by atoms with Gasteiger partial charge < -0.3 is 24.3 Å². The smallest absolute Gasteiger partial charge is 0.161 e. The molecule has 0 bridgehead atoms. The largest absolute Gasteiger partial charge is 0.493 e. The van der Waals surface area contributed by atoms with Crippen LogP contribution in [0, 0.1) is 0 Å². The number of fused-ring (bicyclic) bond motifs is 1. The van der Waals surface area contributed by atoms with Crippen molar-refractivity contribution in [3.05, 3.63) is 47.0 Å². The third kappa shape index (κ3) is 3.62. The summed E-state index contributed by atoms with van der Waals surface area (Å²) in [6.45, 7) is 0.904. The summed E-state index contributed by atoms with van der Waals surface area (Å²) in [5, 5.41) is 3.58. The Morgan fingerprint density at radius 1 is 0.800 bits per heavy atom. The van der Waals surface area contributed by atoms with Crippen LogP contribution < -0.4 is 24.3 Å². The average molecular weight is 366 g/mol. The van der Waals surface area contributed by atoms with Crippen LogP contribution in [0.15, 0.2) is 30.3 Å². The van der Waals surface area contributed by atoms with Gasteiger partial charge in [0.1, 0.15) is 0 Å². The highest BCUT2D eigenvalue weighted by molar-refractivity contribution is 5.85. The van der Waals surface area contributed by atoms with Crippen molar-refractivity contribution in [3.63, 3.8) is 0 Å². The molecule has 0 fully saturated rings. The highest BCUT2D eigenvalue weighted by Crippen LogP contribution is 2.39. The maximum Gasteiger partial charge on any atom is 0.161 e. The Hall–Kier alpha value is -2.11. The van der Waals surface area contributed by atoms with E-state index in [-0.39, 0.29) is 18.4 Å². The molecule has 2 aromatic rings. The molecule has 0 amide bonds. The van der Waals surface area contributed by atoms with Crippen LogP contribution in [0.2, 0.25) is 0 Å². The van der Waals surface area contributed by atoms with E-state index >= 15 is 0 Å². The lowest BCUT2D eigenvalue weighted by Crippen LogP contribution is -2.30. The van der Waals surface area contributed by atoms with Gasteiger partial charge in [0.05, 0.1) is 34.5 Å². The Labute approximate surface area is 154 Å². The van der Waals surface area contributed by atoms with E-state index in [1.54, 1.807) is 28.4 Å². The fourth-order valence-electron chi connectivity index (χ4n) is 3.21. The number of methoxy groups -OCH3 is 4. The van der Waals surface area contributed by atoms with E-state index in [0.29, 0.717) is 0 Å². The van der Waals surface area contributed by atoms with E-state index in [9.17, 15) is 0 Å². The van der Waals surface area contributed by atoms with Gasteiger partial charge in [-0.15, -0.1) is 12.4 Å². The first-order valence-electron chi connectivity index (χ1n) is 7.92. The molecule has 0 radical (unpaired) electrons. The summed E-state index contributed by atoms with van der Waals surface area (Å²) in [5.41, 5.74) is 3.60. The fourth-order valence-corrected chi connectivity index (χ4v) is 3.21. The number of ether oxygens (including phenoxy) is 4. The number of halogens is 1. The van der Waals surface area contributed by atoms with Gasteiger partial charge in [-0.1, -0.05) is 6.07 Å². The molecule has 0 spiro atoms. The van der Waals surface area contributed by atoms with Gasteiger partial charge in [0.25, 0.3) is 0 Å². The van der Waals surface area contributed by atoms with Crippen LogP contribution >= 0.6 is 12.4 Å². The van der Waals surface area contributed by atoms with Crippen molar-refractivity contribution in [1.29, 1.82) is 0 Å². The van der Waals surface area contributed by atoms with Crippen LogP contribution in [0.25, 0.3) is 0 Å². The van der Waals surface area contributed by atoms with E-state index in [2.05, 4.69) is 23.5 Å². The molecule has 3 rings (SSSR count). The molecule has 0 aromatic heterocycles. The zero-order chi connectivity index (χ0) is 17.1. The van der Waals surface area contributed by atoms with Gasteiger partial charge in [0, 0.05) is 6.54 Å². The first kappa shape index (κ1) is 19.2. The van der Waals surface area contributed by atoms with E-state index in [0.717, 1.165) is 41.5 Å². The molecule has 1 atom stereocenters. The standard InChI is InChI=1S/C19H23NO4.ClH/c1-21-15-6-5-13(10-16(15)22-2)19-14-11-18(24-4)17(23-3)9-12(14)7-8-20-19;/h5-6,9-11,19-20H,7-8H2,1-4H3;1H. The molecule has 25 heavy (non-hydrogen) atoms. The Balaban J connectivity index is 0.00000225. The average Bonchev–Trinajstić information content (AvgIpc) is 2.65. The van der Waals surface area contributed by atoms with Crippen LogP contribution in [0.3, 0.4) is 0 Å². The molecule has 0 saturated carbocycles. The predicted octanol–water partition coefficient (Wildman–Crippen LogP) is 3.38. The van der Waals surface area contributed by atoms with Crippen LogP contribution in [0.1, 0.15) is 22.7 Å². The van der Waals surface area contributed by atoms with Crippen LogP contribution in [-0.2, 0) is 6.42 Å². The third-order valence-corrected chi connectivity index (χ3v) is 4.44. The molecular formula is C19H24ClNO4. The van der Waals surface area contributed by atoms with Crippen LogP contribution in [0.4, 0.5) is 0 Å². The maximum atomic E-state index is 5.47. The van der Waals surface area contributed by atoms with Gasteiger partial charge in [0.2, 0.25) is 0 Å². The Bertz CT molecular complexity index is 736. The number of benzene rings is 2. The molecule has 1 heterocycles. The van der Waals surface area contributed by atoms with Gasteiger partial charge >= 0.3 is 0 Å². The highest BCUT2D eigenvalue weighted by atomic mass is 35.5. The SMILES string of the molecule is COc1ccc(C2NCCc3cc(OC)c(OC)cc32)cc1OC.Cl. The molecule has 6 heteroatoms. The molecule has 0 saturated heterocycles. The zero-order valence-corrected chi connectivity index (χ0v) is 15.7. The van der Waals surface area contributed by atoms with Crippen molar-refractivity contribution in [3.8, 4) is 23.0 Å². The van der Waals surface area contributed by atoms with Gasteiger partial charge in [-0.05, 0) is 47.4 Å². The number of rotatable bonds is 5. The second kappa shape index (κ2) is 8.32. The lowest BCUT2D eigenvalue weighted by molar-refractivity contribution is 0.352. The molecule has 1 aliphatic heterocycles. The van der Waals surface area contributed by atoms with E-state index in [1.807, 2.05) is 12.1 Å². The quantitative estimate of drug-likeness (QED) is 0.880. The Morgan fingerprint density at radius 3 is 2.04 bits per heavy atom. The summed E-state index contributed by atoms with van der Waals surface area (Å²) < 4.78 is 21.7. The number of hydrogen-bond donors (Lipinski definition) is 1. The number of hydrogen-bond acceptors (Lipinski definition) is 5. The minimum absolute atomic E-state index is 0. The van der Waals surface area contributed by atoms with Crippen LogP contribution in [-0.4, -0.2) is 35.0 Å². The monoisotopic (exact) mass is 365 g/mol. The molecular weight excluding hydrogens is 342 g/mol. The number of nitrogens with one attached hydrogen (secondary N) is 1. The molecule has 136 valence electrons. The normalized spacial score (nSPS) is 15.6. The van der Waals surface area contributed by atoms with Gasteiger partial charge in [-0.2, -0.15) is 0 Å². The van der Waals surface area contributed by atoms with Gasteiger partial charge in [0.15, 0.2) is 23.0 Å². The lowest BCUT2D eigenvalue weighted by Gasteiger charge is -2.29. The molecule has 0 aliphatic carbocycles. The molecule has 1 aliphatic rings. The lowest BCUT2D eigenvalue weighted by atomic mass is 9.89. The van der Waals surface area contributed by atoms with Gasteiger partial charge in [-0.25, -0.2) is 0 Å². The summed E-state index contributed by atoms with van der Waals surface area (Å²) in [4.78, 5) is 0. The zero-order valence-electron chi connectivity index (χ0n) is 14.9. The fraction of sp³-hybridized carbons (Fsp3) is 0.368. The van der Waals surface area contributed by atoms with Crippen molar-refractivity contribution in [2.24, 2.45) is 0 Å².